The van der Waals surface area contributed by atoms with E-state index >= 15 is 0 Å². The molecular weight excluding hydrogens is 408 g/mol. The molecule has 0 radical (unpaired) electrons. The third kappa shape index (κ3) is 3.14. The van der Waals surface area contributed by atoms with E-state index in [1.807, 2.05) is 17.4 Å². The van der Waals surface area contributed by atoms with Crippen LogP contribution in [-0.4, -0.2) is 13.7 Å². The van der Waals surface area contributed by atoms with Crippen molar-refractivity contribution in [2.45, 2.75) is 38.0 Å². The highest BCUT2D eigenvalue weighted by molar-refractivity contribution is 9.10. The summed E-state index contributed by atoms with van der Waals surface area (Å²) in [5.74, 6) is 1.79. The average molecular weight is 431 g/mol. The van der Waals surface area contributed by atoms with Crippen LogP contribution >= 0.6 is 27.3 Å². The van der Waals surface area contributed by atoms with Crippen LogP contribution in [0, 0.1) is 0 Å². The van der Waals surface area contributed by atoms with Gasteiger partial charge in [0.2, 0.25) is 0 Å². The maximum atomic E-state index is 5.94. The van der Waals surface area contributed by atoms with Crippen LogP contribution < -0.4 is 9.47 Å². The van der Waals surface area contributed by atoms with Gasteiger partial charge in [-0.15, -0.1) is 11.3 Å². The Balaban J connectivity index is 1.73. The van der Waals surface area contributed by atoms with Crippen molar-refractivity contribution in [3.05, 3.63) is 57.4 Å². The quantitative estimate of drug-likeness (QED) is 0.378. The Kier molecular flexibility index (Phi) is 4.98. The van der Waals surface area contributed by atoms with E-state index in [1.165, 1.54) is 33.4 Å². The summed E-state index contributed by atoms with van der Waals surface area (Å²) in [4.78, 5) is 1.43. The Bertz CT molecular complexity index is 894. The molecule has 1 fully saturated rings. The highest BCUT2D eigenvalue weighted by Gasteiger charge is 2.49. The van der Waals surface area contributed by atoms with E-state index in [-0.39, 0.29) is 5.41 Å². The summed E-state index contributed by atoms with van der Waals surface area (Å²) in [5.41, 5.74) is 1.35. The van der Waals surface area contributed by atoms with Gasteiger partial charge in [-0.25, -0.2) is 0 Å². The van der Waals surface area contributed by atoms with E-state index in [4.69, 9.17) is 9.47 Å². The summed E-state index contributed by atoms with van der Waals surface area (Å²) < 4.78 is 14.1. The number of fused-ring (bicyclic) bond motifs is 1. The van der Waals surface area contributed by atoms with Crippen LogP contribution in [-0.2, 0) is 5.41 Å². The Labute approximate surface area is 167 Å². The van der Waals surface area contributed by atoms with Crippen LogP contribution in [0.4, 0.5) is 0 Å². The van der Waals surface area contributed by atoms with E-state index in [2.05, 4.69) is 59.3 Å². The number of benzene rings is 2. The molecule has 2 aromatic carbocycles. The average Bonchev–Trinajstić information content (AvgIpc) is 3.35. The molecule has 4 rings (SSSR count). The summed E-state index contributed by atoms with van der Waals surface area (Å²) in [7, 11) is 1.75. The lowest BCUT2D eigenvalue weighted by molar-refractivity contribution is 0.304. The van der Waals surface area contributed by atoms with Crippen molar-refractivity contribution in [2.24, 2.45) is 0 Å². The smallest absolute Gasteiger partial charge is 0.137 e. The maximum absolute atomic E-state index is 5.94. The van der Waals surface area contributed by atoms with Gasteiger partial charge in [0.1, 0.15) is 11.5 Å². The molecule has 0 unspecified atom stereocenters. The first kappa shape index (κ1) is 17.9. The van der Waals surface area contributed by atoms with Crippen molar-refractivity contribution in [3.63, 3.8) is 0 Å². The van der Waals surface area contributed by atoms with Gasteiger partial charge in [-0.3, -0.25) is 0 Å². The first-order valence-electron chi connectivity index (χ1n) is 9.18. The number of halogens is 1. The Hall–Kier alpha value is -1.52. The summed E-state index contributed by atoms with van der Waals surface area (Å²) >= 11 is 5.62. The van der Waals surface area contributed by atoms with Crippen LogP contribution in [0.3, 0.4) is 0 Å². The zero-order chi connectivity index (χ0) is 18.1. The number of rotatable bonds is 7. The van der Waals surface area contributed by atoms with Gasteiger partial charge >= 0.3 is 0 Å². The molecule has 2 nitrogen and oxygen atoms in total. The normalized spacial score (nSPS) is 15.2. The minimum absolute atomic E-state index is 0.0828. The number of hydrogen-bond donors (Lipinski definition) is 0. The second-order valence-corrected chi connectivity index (χ2v) is 8.85. The van der Waals surface area contributed by atoms with Gasteiger partial charge in [0.05, 0.1) is 18.2 Å². The molecular formula is C22H23BrO2S. The predicted octanol–water partition coefficient (Wildman–Crippen LogP) is 6.93. The van der Waals surface area contributed by atoms with Gasteiger partial charge < -0.3 is 9.47 Å². The molecule has 1 aliphatic rings. The van der Waals surface area contributed by atoms with Crippen LogP contribution in [0.1, 0.15) is 43.0 Å². The molecule has 26 heavy (non-hydrogen) atoms. The van der Waals surface area contributed by atoms with Crippen LogP contribution in [0.2, 0.25) is 0 Å². The second-order valence-electron chi connectivity index (χ2n) is 6.92. The van der Waals surface area contributed by atoms with Gasteiger partial charge in [0.25, 0.3) is 0 Å². The number of ether oxygens (including phenoxy) is 2. The highest BCUT2D eigenvalue weighted by Crippen LogP contribution is 2.59. The zero-order valence-corrected chi connectivity index (χ0v) is 17.6. The van der Waals surface area contributed by atoms with E-state index in [0.29, 0.717) is 0 Å². The van der Waals surface area contributed by atoms with Crippen molar-refractivity contribution in [1.29, 1.82) is 0 Å². The Morgan fingerprint density at radius 1 is 1.12 bits per heavy atom. The molecule has 3 aromatic rings. The van der Waals surface area contributed by atoms with Gasteiger partial charge in [-0.1, -0.05) is 31.5 Å². The van der Waals surface area contributed by atoms with Crippen LogP contribution in [0.15, 0.2) is 46.9 Å². The first-order valence-corrected chi connectivity index (χ1v) is 10.8. The monoisotopic (exact) mass is 430 g/mol. The lowest BCUT2D eigenvalue weighted by atomic mass is 9.92. The molecule has 0 saturated heterocycles. The minimum atomic E-state index is 0.0828. The Morgan fingerprint density at radius 3 is 2.62 bits per heavy atom. The van der Waals surface area contributed by atoms with Crippen molar-refractivity contribution in [3.8, 4) is 11.5 Å². The fourth-order valence-electron chi connectivity index (χ4n) is 3.51. The summed E-state index contributed by atoms with van der Waals surface area (Å²) in [5, 5.41) is 1.33. The van der Waals surface area contributed by atoms with Gasteiger partial charge in [0, 0.05) is 26.6 Å². The number of unbranched alkanes of at least 4 members (excludes halogenated alkanes) is 1. The molecule has 1 heterocycles. The standard InChI is InChI=1S/C22H23BrO2S/c1-3-4-11-25-19-14-18(24-2)16(13-17(19)23)22(9-10-22)21-12-15-7-5-6-8-20(15)26-21/h5-8,12-14H,3-4,9-11H2,1-2H3. The zero-order valence-electron chi connectivity index (χ0n) is 15.2. The van der Waals surface area contributed by atoms with Crippen molar-refractivity contribution in [1.82, 2.24) is 0 Å². The summed E-state index contributed by atoms with van der Waals surface area (Å²) in [6.45, 7) is 2.91. The third-order valence-corrected chi connectivity index (χ3v) is 7.11. The largest absolute Gasteiger partial charge is 0.496 e. The number of thiophene rings is 1. The number of methoxy groups -OCH3 is 1. The first-order chi connectivity index (χ1) is 12.7. The molecule has 0 spiro atoms. The molecule has 1 saturated carbocycles. The second kappa shape index (κ2) is 7.24. The third-order valence-electron chi connectivity index (χ3n) is 5.17. The predicted molar refractivity (Wildman–Crippen MR) is 113 cm³/mol. The minimum Gasteiger partial charge on any atom is -0.496 e. The van der Waals surface area contributed by atoms with E-state index in [1.54, 1.807) is 7.11 Å². The summed E-state index contributed by atoms with van der Waals surface area (Å²) in [6, 6.07) is 15.2. The molecule has 0 aliphatic heterocycles. The lowest BCUT2D eigenvalue weighted by Crippen LogP contribution is -2.09. The molecule has 136 valence electrons. The molecule has 0 atom stereocenters. The van der Waals surface area contributed by atoms with E-state index < -0.39 is 0 Å². The highest BCUT2D eigenvalue weighted by atomic mass is 79.9. The van der Waals surface area contributed by atoms with Crippen molar-refractivity contribution in [2.75, 3.05) is 13.7 Å². The van der Waals surface area contributed by atoms with Crippen LogP contribution in [0.5, 0.6) is 11.5 Å². The van der Waals surface area contributed by atoms with Gasteiger partial charge in [0.15, 0.2) is 0 Å². The van der Waals surface area contributed by atoms with Crippen molar-refractivity contribution >= 4 is 37.4 Å². The van der Waals surface area contributed by atoms with Crippen LogP contribution in [0.25, 0.3) is 10.1 Å². The molecule has 0 amide bonds. The fourth-order valence-corrected chi connectivity index (χ4v) is 5.29. The SMILES string of the molecule is CCCCOc1cc(OC)c(C2(c3cc4ccccc4s3)CC2)cc1Br. The van der Waals surface area contributed by atoms with E-state index in [9.17, 15) is 0 Å². The molecule has 0 bridgehead atoms. The lowest BCUT2D eigenvalue weighted by Gasteiger charge is -2.20. The Morgan fingerprint density at radius 2 is 1.92 bits per heavy atom. The van der Waals surface area contributed by atoms with Crippen molar-refractivity contribution < 1.29 is 9.47 Å². The van der Waals surface area contributed by atoms with Gasteiger partial charge in [-0.05, 0) is 58.8 Å². The molecule has 4 heteroatoms. The number of hydrogen-bond acceptors (Lipinski definition) is 3. The molecule has 1 aromatic heterocycles. The molecule has 0 N–H and O–H groups in total. The molecule has 1 aliphatic carbocycles. The van der Waals surface area contributed by atoms with Gasteiger partial charge in [-0.2, -0.15) is 0 Å². The summed E-state index contributed by atoms with van der Waals surface area (Å²) in [6.07, 6.45) is 4.52. The fraction of sp³-hybridized carbons (Fsp3) is 0.364. The van der Waals surface area contributed by atoms with E-state index in [0.717, 1.165) is 35.4 Å². The maximum Gasteiger partial charge on any atom is 0.137 e. The topological polar surface area (TPSA) is 18.5 Å².